The minimum atomic E-state index is -0.0735. The number of unbranched alkanes of at least 4 members (excludes halogenated alkanes) is 8. The first-order chi connectivity index (χ1) is 20.7. The average molecular weight is 715 g/mol. The number of rotatable bonds is 28. The molecule has 42 heavy (non-hydrogen) atoms. The summed E-state index contributed by atoms with van der Waals surface area (Å²) < 4.78 is 48.7. The summed E-state index contributed by atoms with van der Waals surface area (Å²) in [6.45, 7) is 3.09. The molecular formula is C33H63IO8. The number of alkyl halides is 1. The van der Waals surface area contributed by atoms with Crippen LogP contribution >= 0.6 is 22.6 Å². The van der Waals surface area contributed by atoms with Crippen molar-refractivity contribution in [2.45, 2.75) is 165 Å². The van der Waals surface area contributed by atoms with Crippen molar-refractivity contribution in [2.24, 2.45) is 0 Å². The fraction of sp³-hybridized carbons (Fsp3) is 1.00. The molecule has 0 N–H and O–H groups in total. The molecule has 0 aromatic carbocycles. The first-order valence-electron chi connectivity index (χ1n) is 16.8. The van der Waals surface area contributed by atoms with Crippen LogP contribution in [-0.2, 0) is 37.9 Å². The Morgan fingerprint density at radius 2 is 1.05 bits per heavy atom. The molecule has 7 atom stereocenters. The first kappa shape index (κ1) is 38.6. The molecule has 0 aromatic rings. The van der Waals surface area contributed by atoms with Crippen molar-refractivity contribution in [1.29, 1.82) is 0 Å². The molecule has 2 aliphatic heterocycles. The highest BCUT2D eigenvalue weighted by Crippen LogP contribution is 2.33. The zero-order valence-electron chi connectivity index (χ0n) is 27.2. The third kappa shape index (κ3) is 16.1. The van der Waals surface area contributed by atoms with Gasteiger partial charge < -0.3 is 37.9 Å². The maximum atomic E-state index is 6.65. The summed E-state index contributed by atoms with van der Waals surface area (Å²) in [5, 5.41) is 0. The molecule has 0 unspecified atom stereocenters. The van der Waals surface area contributed by atoms with Crippen LogP contribution in [-0.4, -0.2) is 88.9 Å². The lowest BCUT2D eigenvalue weighted by atomic mass is 9.98. The molecule has 2 aliphatic rings. The predicted molar refractivity (Wildman–Crippen MR) is 175 cm³/mol. The summed E-state index contributed by atoms with van der Waals surface area (Å²) in [6, 6.07) is 0. The molecule has 0 aromatic heterocycles. The highest BCUT2D eigenvalue weighted by Gasteiger charge is 2.38. The van der Waals surface area contributed by atoms with Gasteiger partial charge in [-0.25, -0.2) is 0 Å². The van der Waals surface area contributed by atoms with E-state index in [1.54, 1.807) is 21.3 Å². The molecule has 0 amide bonds. The van der Waals surface area contributed by atoms with Crippen molar-refractivity contribution in [3.05, 3.63) is 0 Å². The molecule has 0 aliphatic carbocycles. The van der Waals surface area contributed by atoms with Crippen LogP contribution in [0.3, 0.4) is 0 Å². The molecule has 250 valence electrons. The lowest BCUT2D eigenvalue weighted by Crippen LogP contribution is -2.36. The molecule has 0 saturated carbocycles. The standard InChI is InChI=1S/C33H63IO8/c1-5-6-7-8-9-10-11-12-16-28(38-24-35-2)32-21-22-33(42-32)30(40-26-37-4)20-19-29(39-25-36-3)31-18-17-27(41-31)15-13-14-23-34/h27-33H,5-26H2,1-4H3/t27-,28-,29+,30-,31+,32-,33-/m1/s1. The zero-order valence-corrected chi connectivity index (χ0v) is 29.4. The first-order valence-corrected chi connectivity index (χ1v) is 18.4. The highest BCUT2D eigenvalue weighted by molar-refractivity contribution is 14.1. The summed E-state index contributed by atoms with van der Waals surface area (Å²) in [6.07, 6.45) is 21.2. The van der Waals surface area contributed by atoms with Crippen LogP contribution in [0.5, 0.6) is 0 Å². The maximum absolute atomic E-state index is 6.65. The van der Waals surface area contributed by atoms with Gasteiger partial charge in [0.25, 0.3) is 0 Å². The number of hydrogen-bond donors (Lipinski definition) is 0. The van der Waals surface area contributed by atoms with Crippen molar-refractivity contribution in [3.63, 3.8) is 0 Å². The van der Waals surface area contributed by atoms with Gasteiger partial charge in [-0.1, -0.05) is 87.3 Å². The van der Waals surface area contributed by atoms with Gasteiger partial charge in [-0.2, -0.15) is 0 Å². The Hall–Kier alpha value is 0.410. The minimum Gasteiger partial charge on any atom is -0.372 e. The maximum Gasteiger partial charge on any atom is 0.146 e. The largest absolute Gasteiger partial charge is 0.372 e. The molecule has 0 spiro atoms. The molecule has 9 heteroatoms. The summed E-state index contributed by atoms with van der Waals surface area (Å²) in [5.74, 6) is 0. The second-order valence-electron chi connectivity index (χ2n) is 12.0. The summed E-state index contributed by atoms with van der Waals surface area (Å²) in [7, 11) is 5.03. The molecular weight excluding hydrogens is 651 g/mol. The zero-order chi connectivity index (χ0) is 30.3. The van der Waals surface area contributed by atoms with E-state index < -0.39 is 0 Å². The Kier molecular flexibility index (Phi) is 23.5. The number of halogens is 1. The van der Waals surface area contributed by atoms with Gasteiger partial charge in [0.1, 0.15) is 20.4 Å². The van der Waals surface area contributed by atoms with E-state index in [9.17, 15) is 0 Å². The smallest absolute Gasteiger partial charge is 0.146 e. The van der Waals surface area contributed by atoms with Gasteiger partial charge in [-0.3, -0.25) is 0 Å². The van der Waals surface area contributed by atoms with Crippen LogP contribution in [0.25, 0.3) is 0 Å². The Labute approximate surface area is 271 Å². The van der Waals surface area contributed by atoms with Crippen molar-refractivity contribution in [2.75, 3.05) is 46.1 Å². The molecule has 2 saturated heterocycles. The van der Waals surface area contributed by atoms with Crippen LogP contribution in [0.15, 0.2) is 0 Å². The van der Waals surface area contributed by atoms with E-state index in [0.29, 0.717) is 12.9 Å². The molecule has 2 rings (SSSR count). The van der Waals surface area contributed by atoms with E-state index in [1.165, 1.54) is 62.2 Å². The van der Waals surface area contributed by atoms with Crippen LogP contribution in [0, 0.1) is 0 Å². The van der Waals surface area contributed by atoms with Crippen LogP contribution in [0.1, 0.15) is 122 Å². The van der Waals surface area contributed by atoms with E-state index in [-0.39, 0.29) is 50.2 Å². The topological polar surface area (TPSA) is 73.8 Å². The van der Waals surface area contributed by atoms with E-state index in [1.807, 2.05) is 0 Å². The summed E-state index contributed by atoms with van der Waals surface area (Å²) in [5.41, 5.74) is 0. The molecule has 2 heterocycles. The third-order valence-corrected chi connectivity index (χ3v) is 9.42. The Bertz CT molecular complexity index is 615. The quantitative estimate of drug-likeness (QED) is 0.0350. The molecule has 0 radical (unpaired) electrons. The van der Waals surface area contributed by atoms with Crippen molar-refractivity contribution in [1.82, 2.24) is 0 Å². The van der Waals surface area contributed by atoms with Gasteiger partial charge >= 0.3 is 0 Å². The molecule has 2 fully saturated rings. The van der Waals surface area contributed by atoms with Gasteiger partial charge in [0, 0.05) is 21.3 Å². The van der Waals surface area contributed by atoms with E-state index >= 15 is 0 Å². The number of methoxy groups -OCH3 is 3. The SMILES string of the molecule is CCCCCCCCCC[C@@H](OCOC)[C@H]1CC[C@H]([C@@H](CC[C@H](OCOC)[C@@H]2CC[C@@H](CCCCI)O2)OCOC)O1. The third-order valence-electron chi connectivity index (χ3n) is 8.66. The second kappa shape index (κ2) is 25.6. The van der Waals surface area contributed by atoms with Gasteiger partial charge in [-0.05, 0) is 62.2 Å². The lowest BCUT2D eigenvalue weighted by molar-refractivity contribution is -0.165. The Morgan fingerprint density at radius 3 is 1.57 bits per heavy atom. The van der Waals surface area contributed by atoms with E-state index in [2.05, 4.69) is 29.5 Å². The number of hydrogen-bond acceptors (Lipinski definition) is 8. The fourth-order valence-electron chi connectivity index (χ4n) is 6.33. The van der Waals surface area contributed by atoms with Gasteiger partial charge in [-0.15, -0.1) is 0 Å². The average Bonchev–Trinajstić information content (AvgIpc) is 3.68. The van der Waals surface area contributed by atoms with E-state index in [0.717, 1.165) is 57.8 Å². The predicted octanol–water partition coefficient (Wildman–Crippen LogP) is 7.97. The van der Waals surface area contributed by atoms with Crippen molar-refractivity contribution in [3.8, 4) is 0 Å². The monoisotopic (exact) mass is 714 g/mol. The van der Waals surface area contributed by atoms with Crippen LogP contribution < -0.4 is 0 Å². The molecule has 0 bridgehead atoms. The minimum absolute atomic E-state index is 0.00552. The fourth-order valence-corrected chi connectivity index (χ4v) is 6.87. The summed E-state index contributed by atoms with van der Waals surface area (Å²) >= 11 is 2.45. The van der Waals surface area contributed by atoms with Crippen LogP contribution in [0.4, 0.5) is 0 Å². The number of ether oxygens (including phenoxy) is 8. The lowest BCUT2D eigenvalue weighted by Gasteiger charge is -2.29. The van der Waals surface area contributed by atoms with Crippen LogP contribution in [0.2, 0.25) is 0 Å². The molecule has 8 nitrogen and oxygen atoms in total. The van der Waals surface area contributed by atoms with Gasteiger partial charge in [0.15, 0.2) is 0 Å². The second-order valence-corrected chi connectivity index (χ2v) is 13.1. The summed E-state index contributed by atoms with van der Waals surface area (Å²) in [4.78, 5) is 0. The highest BCUT2D eigenvalue weighted by atomic mass is 127. The van der Waals surface area contributed by atoms with Gasteiger partial charge in [0.05, 0.1) is 42.7 Å². The Balaban J connectivity index is 1.87. The van der Waals surface area contributed by atoms with E-state index in [4.69, 9.17) is 37.9 Å². The van der Waals surface area contributed by atoms with Gasteiger partial charge in [0.2, 0.25) is 0 Å². The normalized spacial score (nSPS) is 24.8. The Morgan fingerprint density at radius 1 is 0.571 bits per heavy atom. The van der Waals surface area contributed by atoms with Crippen molar-refractivity contribution < 1.29 is 37.9 Å². The van der Waals surface area contributed by atoms with Crippen molar-refractivity contribution >= 4 is 22.6 Å².